The second-order valence-electron chi connectivity index (χ2n) is 4.94. The molecule has 4 nitrogen and oxygen atoms in total. The molecule has 2 aromatic carbocycles. The lowest BCUT2D eigenvalue weighted by Crippen LogP contribution is -2.12. The van der Waals surface area contributed by atoms with Crippen LogP contribution in [-0.4, -0.2) is 11.7 Å². The highest BCUT2D eigenvalue weighted by atomic mass is 16.1. The molecule has 0 unspecified atom stereocenters. The fourth-order valence-corrected chi connectivity index (χ4v) is 1.86. The van der Waals surface area contributed by atoms with Crippen molar-refractivity contribution in [3.8, 4) is 0 Å². The van der Waals surface area contributed by atoms with E-state index >= 15 is 0 Å². The highest BCUT2D eigenvalue weighted by Gasteiger charge is 2.02. The van der Waals surface area contributed by atoms with Gasteiger partial charge in [0.1, 0.15) is 5.84 Å². The fraction of sp³-hybridized carbons (Fsp3) is 0.111. The molecular formula is C18H19N3O. The lowest BCUT2D eigenvalue weighted by Gasteiger charge is -2.00. The quantitative estimate of drug-likeness (QED) is 0.657. The number of nitrogens with zero attached hydrogens (tertiary/aromatic N) is 1. The number of hydrogen-bond acceptors (Lipinski definition) is 2. The molecule has 2 rings (SSSR count). The van der Waals surface area contributed by atoms with Crippen molar-refractivity contribution in [2.45, 2.75) is 13.3 Å². The fourth-order valence-electron chi connectivity index (χ4n) is 1.86. The van der Waals surface area contributed by atoms with Gasteiger partial charge >= 0.3 is 0 Å². The minimum atomic E-state index is -0.259. The van der Waals surface area contributed by atoms with Crippen molar-refractivity contribution in [1.82, 2.24) is 0 Å². The summed E-state index contributed by atoms with van der Waals surface area (Å²) in [6, 6.07) is 17.4. The highest BCUT2D eigenvalue weighted by Crippen LogP contribution is 2.05. The predicted molar refractivity (Wildman–Crippen MR) is 90.7 cm³/mol. The van der Waals surface area contributed by atoms with Crippen LogP contribution in [-0.2, 0) is 11.2 Å². The lowest BCUT2D eigenvalue weighted by molar-refractivity contribution is -0.117. The number of rotatable bonds is 5. The van der Waals surface area contributed by atoms with Gasteiger partial charge in [-0.15, -0.1) is 0 Å². The molecule has 0 atom stereocenters. The molecule has 0 saturated heterocycles. The Bertz CT molecular complexity index is 673. The number of amidine groups is 1. The molecule has 22 heavy (non-hydrogen) atoms. The molecule has 0 heterocycles. The first-order chi connectivity index (χ1) is 10.6. The summed E-state index contributed by atoms with van der Waals surface area (Å²) in [5.41, 5.74) is 8.75. The molecule has 112 valence electrons. The second kappa shape index (κ2) is 7.78. The third-order valence-electron chi connectivity index (χ3n) is 3.01. The summed E-state index contributed by atoms with van der Waals surface area (Å²) in [7, 11) is 0. The topological polar surface area (TPSA) is 67.5 Å². The Labute approximate surface area is 130 Å². The summed E-state index contributed by atoms with van der Waals surface area (Å²) in [6.07, 6.45) is 3.48. The molecule has 0 aromatic heterocycles. The summed E-state index contributed by atoms with van der Waals surface area (Å²) in [6.45, 7) is 2.01. The number of amides is 1. The third kappa shape index (κ3) is 5.25. The number of aryl methyl sites for hydroxylation is 1. The molecule has 0 saturated carbocycles. The maximum Gasteiger partial charge on any atom is 0.252 e. The number of nitrogens with one attached hydrogen (secondary N) is 1. The van der Waals surface area contributed by atoms with Crippen molar-refractivity contribution in [2.75, 3.05) is 5.32 Å². The van der Waals surface area contributed by atoms with E-state index in [2.05, 4.69) is 10.3 Å². The van der Waals surface area contributed by atoms with E-state index in [1.165, 1.54) is 0 Å². The molecule has 0 radical (unpaired) electrons. The van der Waals surface area contributed by atoms with Gasteiger partial charge in [0.15, 0.2) is 0 Å². The smallest absolute Gasteiger partial charge is 0.252 e. The standard InChI is InChI=1S/C18H19N3O/c1-14-7-9-15(10-8-14)13-18(22)21-17(19)11-12-20-16-5-3-2-4-6-16/h2-12,20H,13H2,1H3,(H2,19,21,22)/b12-11-. The molecule has 0 aliphatic rings. The van der Waals surface area contributed by atoms with Crippen LogP contribution < -0.4 is 11.1 Å². The zero-order valence-electron chi connectivity index (χ0n) is 12.5. The summed E-state index contributed by atoms with van der Waals surface area (Å²) in [4.78, 5) is 15.7. The molecule has 0 fully saturated rings. The van der Waals surface area contributed by atoms with Gasteiger partial charge in [0.2, 0.25) is 0 Å². The molecule has 2 aromatic rings. The molecule has 0 bridgehead atoms. The molecule has 0 aliphatic carbocycles. The second-order valence-corrected chi connectivity index (χ2v) is 4.94. The van der Waals surface area contributed by atoms with Crippen molar-refractivity contribution in [3.05, 3.63) is 78.0 Å². The average molecular weight is 293 g/mol. The first kappa shape index (κ1) is 15.5. The molecular weight excluding hydrogens is 274 g/mol. The first-order valence-corrected chi connectivity index (χ1v) is 7.04. The summed E-state index contributed by atoms with van der Waals surface area (Å²) in [5, 5.41) is 3.05. The first-order valence-electron chi connectivity index (χ1n) is 7.04. The van der Waals surface area contributed by atoms with Crippen LogP contribution in [0.5, 0.6) is 0 Å². The van der Waals surface area contributed by atoms with Crippen molar-refractivity contribution in [2.24, 2.45) is 10.7 Å². The zero-order valence-corrected chi connectivity index (χ0v) is 12.5. The number of benzene rings is 2. The van der Waals surface area contributed by atoms with Crippen LogP contribution in [0, 0.1) is 6.92 Å². The van der Waals surface area contributed by atoms with Crippen LogP contribution >= 0.6 is 0 Å². The maximum atomic E-state index is 11.8. The predicted octanol–water partition coefficient (Wildman–Crippen LogP) is 3.05. The maximum absolute atomic E-state index is 11.8. The Balaban J connectivity index is 1.88. The van der Waals surface area contributed by atoms with Crippen LogP contribution in [0.25, 0.3) is 0 Å². The van der Waals surface area contributed by atoms with Gasteiger partial charge in [-0.05, 0) is 30.7 Å². The van der Waals surface area contributed by atoms with E-state index in [9.17, 15) is 4.79 Å². The largest absolute Gasteiger partial charge is 0.384 e. The SMILES string of the molecule is Cc1ccc(CC(=O)N=C(N)/C=C\Nc2ccccc2)cc1. The lowest BCUT2D eigenvalue weighted by atomic mass is 10.1. The number of carbonyl (C=O) groups is 1. The molecule has 3 N–H and O–H groups in total. The van der Waals surface area contributed by atoms with Gasteiger partial charge in [0.25, 0.3) is 5.91 Å². The number of hydrogen-bond donors (Lipinski definition) is 2. The van der Waals surface area contributed by atoms with Gasteiger partial charge in [-0.25, -0.2) is 0 Å². The number of carbonyl (C=O) groups excluding carboxylic acids is 1. The molecule has 1 amide bonds. The van der Waals surface area contributed by atoms with Crippen molar-refractivity contribution in [1.29, 1.82) is 0 Å². The summed E-state index contributed by atoms with van der Waals surface area (Å²) in [5.74, 6) is -0.0775. The summed E-state index contributed by atoms with van der Waals surface area (Å²) >= 11 is 0. The monoisotopic (exact) mass is 293 g/mol. The van der Waals surface area contributed by atoms with Gasteiger partial charge in [-0.2, -0.15) is 4.99 Å². The van der Waals surface area contributed by atoms with Crippen LogP contribution in [0.4, 0.5) is 5.69 Å². The van der Waals surface area contributed by atoms with Gasteiger partial charge in [0, 0.05) is 11.9 Å². The van der Waals surface area contributed by atoms with Crippen LogP contribution in [0.1, 0.15) is 11.1 Å². The van der Waals surface area contributed by atoms with E-state index in [0.29, 0.717) is 0 Å². The Kier molecular flexibility index (Phi) is 5.49. The highest BCUT2D eigenvalue weighted by molar-refractivity contribution is 6.00. The van der Waals surface area contributed by atoms with Crippen LogP contribution in [0.15, 0.2) is 71.9 Å². The van der Waals surface area contributed by atoms with Crippen molar-refractivity contribution >= 4 is 17.4 Å². The Morgan fingerprint density at radius 1 is 1.14 bits per heavy atom. The Morgan fingerprint density at radius 3 is 2.50 bits per heavy atom. The van der Waals surface area contributed by atoms with E-state index in [-0.39, 0.29) is 18.2 Å². The van der Waals surface area contributed by atoms with E-state index in [4.69, 9.17) is 5.73 Å². The number of nitrogens with two attached hydrogens (primary N) is 1. The Morgan fingerprint density at radius 2 is 1.82 bits per heavy atom. The van der Waals surface area contributed by atoms with E-state index in [1.807, 2.05) is 61.5 Å². The normalized spacial score (nSPS) is 11.6. The van der Waals surface area contributed by atoms with Gasteiger partial charge in [-0.3, -0.25) is 4.79 Å². The van der Waals surface area contributed by atoms with E-state index in [1.54, 1.807) is 12.3 Å². The van der Waals surface area contributed by atoms with Crippen LogP contribution in [0.3, 0.4) is 0 Å². The Hall–Kier alpha value is -2.88. The van der Waals surface area contributed by atoms with Crippen LogP contribution in [0.2, 0.25) is 0 Å². The number of anilines is 1. The molecule has 4 heteroatoms. The molecule has 0 aliphatic heterocycles. The van der Waals surface area contributed by atoms with Crippen molar-refractivity contribution < 1.29 is 4.79 Å². The minimum Gasteiger partial charge on any atom is -0.384 e. The van der Waals surface area contributed by atoms with Gasteiger partial charge < -0.3 is 11.1 Å². The zero-order chi connectivity index (χ0) is 15.8. The minimum absolute atomic E-state index is 0.181. The average Bonchev–Trinajstić information content (AvgIpc) is 2.50. The van der Waals surface area contributed by atoms with E-state index < -0.39 is 0 Å². The number of para-hydroxylation sites is 1. The van der Waals surface area contributed by atoms with E-state index in [0.717, 1.165) is 16.8 Å². The third-order valence-corrected chi connectivity index (χ3v) is 3.01. The summed E-state index contributed by atoms with van der Waals surface area (Å²) < 4.78 is 0. The number of aliphatic imine (C=N–C) groups is 1. The van der Waals surface area contributed by atoms with Gasteiger partial charge in [-0.1, -0.05) is 48.0 Å². The van der Waals surface area contributed by atoms with Gasteiger partial charge in [0.05, 0.1) is 6.42 Å². The van der Waals surface area contributed by atoms with Crippen molar-refractivity contribution in [3.63, 3.8) is 0 Å². The molecule has 0 spiro atoms.